The fraction of sp³-hybridized carbons (Fsp3) is 0.211. The quantitative estimate of drug-likeness (QED) is 0.369. The molecule has 0 saturated carbocycles. The number of ether oxygens (including phenoxy) is 1. The van der Waals surface area contributed by atoms with Crippen molar-refractivity contribution in [1.82, 2.24) is 14.9 Å². The van der Waals surface area contributed by atoms with Gasteiger partial charge in [0.2, 0.25) is 9.47 Å². The van der Waals surface area contributed by atoms with Crippen LogP contribution < -0.4 is 14.8 Å². The molecule has 0 spiro atoms. The molecular weight excluding hydrogens is 448 g/mol. The lowest BCUT2D eigenvalue weighted by atomic mass is 10.2. The Morgan fingerprint density at radius 1 is 1.10 bits per heavy atom. The number of sulfonamides is 1. The average molecular weight is 467 g/mol. The van der Waals surface area contributed by atoms with E-state index in [4.69, 9.17) is 16.3 Å². The topological polar surface area (TPSA) is 110 Å². The number of hydrogen-bond donors (Lipinski definition) is 2. The highest BCUT2D eigenvalue weighted by Crippen LogP contribution is 2.21. The minimum atomic E-state index is -3.86. The lowest BCUT2D eigenvalue weighted by molar-refractivity contribution is 0.102. The molecule has 1 heterocycles. The number of aryl methyl sites for hydroxylation is 1. The van der Waals surface area contributed by atoms with Gasteiger partial charge < -0.3 is 4.74 Å². The molecule has 2 aromatic carbocycles. The molecule has 0 saturated heterocycles. The smallest absolute Gasteiger partial charge is 0.269 e. The number of aromatic nitrogens is 2. The van der Waals surface area contributed by atoms with Crippen molar-refractivity contribution in [3.05, 3.63) is 64.7 Å². The van der Waals surface area contributed by atoms with Gasteiger partial charge in [-0.1, -0.05) is 42.0 Å². The maximum Gasteiger partial charge on any atom is 0.269 e. The minimum absolute atomic E-state index is 0.0594. The van der Waals surface area contributed by atoms with E-state index in [1.807, 2.05) is 24.3 Å². The summed E-state index contributed by atoms with van der Waals surface area (Å²) in [7, 11) is -3.86. The molecule has 0 bridgehead atoms. The van der Waals surface area contributed by atoms with Crippen molar-refractivity contribution in [2.45, 2.75) is 17.7 Å². The molecule has 158 valence electrons. The van der Waals surface area contributed by atoms with Gasteiger partial charge in [-0.3, -0.25) is 10.1 Å². The highest BCUT2D eigenvalue weighted by Gasteiger charge is 2.20. The molecule has 11 heteroatoms. The number of carbonyl (C=O) groups is 1. The number of halogens is 1. The number of benzene rings is 2. The SMILES string of the molecule is CCc1ccc(OCCNS(=O)(=O)c2nnc(NC(=O)c3ccc(Cl)cc3)s2)cc1. The number of nitrogens with zero attached hydrogens (tertiary/aromatic N) is 2. The fourth-order valence-corrected chi connectivity index (χ4v) is 4.44. The van der Waals surface area contributed by atoms with Gasteiger partial charge in [-0.05, 0) is 48.4 Å². The molecule has 3 aromatic rings. The third kappa shape index (κ3) is 5.99. The van der Waals surface area contributed by atoms with E-state index >= 15 is 0 Å². The number of amides is 1. The van der Waals surface area contributed by atoms with Crippen LogP contribution in [0.2, 0.25) is 5.02 Å². The molecule has 0 aliphatic rings. The van der Waals surface area contributed by atoms with Crippen molar-refractivity contribution in [3.63, 3.8) is 0 Å². The fourth-order valence-electron chi connectivity index (χ4n) is 2.37. The number of nitrogens with one attached hydrogen (secondary N) is 2. The van der Waals surface area contributed by atoms with Gasteiger partial charge in [-0.2, -0.15) is 0 Å². The molecule has 30 heavy (non-hydrogen) atoms. The van der Waals surface area contributed by atoms with E-state index in [1.54, 1.807) is 24.3 Å². The highest BCUT2D eigenvalue weighted by molar-refractivity contribution is 7.91. The summed E-state index contributed by atoms with van der Waals surface area (Å²) in [6.45, 7) is 2.28. The lowest BCUT2D eigenvalue weighted by Crippen LogP contribution is -2.28. The first kappa shape index (κ1) is 22.2. The molecule has 0 fully saturated rings. The van der Waals surface area contributed by atoms with Crippen molar-refractivity contribution in [3.8, 4) is 5.75 Å². The van der Waals surface area contributed by atoms with Crippen LogP contribution in [-0.4, -0.2) is 37.7 Å². The Bertz CT molecular complexity index is 1100. The normalized spacial score (nSPS) is 11.3. The Kier molecular flexibility index (Phi) is 7.38. The van der Waals surface area contributed by atoms with Gasteiger partial charge >= 0.3 is 0 Å². The summed E-state index contributed by atoms with van der Waals surface area (Å²) in [6, 6.07) is 13.9. The molecular formula is C19H19ClN4O4S2. The molecule has 0 aliphatic heterocycles. The number of hydrogen-bond acceptors (Lipinski definition) is 7. The molecule has 0 atom stereocenters. The molecule has 1 amide bonds. The second-order valence-electron chi connectivity index (χ2n) is 6.08. The van der Waals surface area contributed by atoms with Gasteiger partial charge in [0.15, 0.2) is 0 Å². The van der Waals surface area contributed by atoms with Crippen LogP contribution in [0.3, 0.4) is 0 Å². The van der Waals surface area contributed by atoms with Gasteiger partial charge in [-0.15, -0.1) is 10.2 Å². The van der Waals surface area contributed by atoms with Crippen LogP contribution in [0.5, 0.6) is 5.75 Å². The average Bonchev–Trinajstić information content (AvgIpc) is 3.21. The summed E-state index contributed by atoms with van der Waals surface area (Å²) in [4.78, 5) is 12.2. The zero-order valence-electron chi connectivity index (χ0n) is 16.0. The second-order valence-corrected chi connectivity index (χ2v) is 9.43. The predicted octanol–water partition coefficient (Wildman–Crippen LogP) is 3.36. The molecule has 0 radical (unpaired) electrons. The van der Waals surface area contributed by atoms with Gasteiger partial charge in [0.25, 0.3) is 15.9 Å². The number of rotatable bonds is 9. The summed E-state index contributed by atoms with van der Waals surface area (Å²) < 4.78 is 32.4. The van der Waals surface area contributed by atoms with Gasteiger partial charge in [0, 0.05) is 17.1 Å². The molecule has 0 aliphatic carbocycles. The van der Waals surface area contributed by atoms with E-state index in [-0.39, 0.29) is 22.6 Å². The van der Waals surface area contributed by atoms with Crippen LogP contribution in [0.1, 0.15) is 22.8 Å². The molecule has 8 nitrogen and oxygen atoms in total. The van der Waals surface area contributed by atoms with E-state index in [0.717, 1.165) is 17.8 Å². The summed E-state index contributed by atoms with van der Waals surface area (Å²) >= 11 is 6.55. The third-order valence-electron chi connectivity index (χ3n) is 3.96. The van der Waals surface area contributed by atoms with Gasteiger partial charge in [-0.25, -0.2) is 13.1 Å². The zero-order chi connectivity index (χ0) is 21.6. The van der Waals surface area contributed by atoms with Crippen molar-refractivity contribution < 1.29 is 17.9 Å². The van der Waals surface area contributed by atoms with Crippen LogP contribution in [0.15, 0.2) is 52.9 Å². The Hall–Kier alpha value is -2.53. The summed E-state index contributed by atoms with van der Waals surface area (Å²) in [6.07, 6.45) is 0.935. The van der Waals surface area contributed by atoms with E-state index in [9.17, 15) is 13.2 Å². The van der Waals surface area contributed by atoms with Crippen molar-refractivity contribution in [1.29, 1.82) is 0 Å². The maximum atomic E-state index is 12.3. The zero-order valence-corrected chi connectivity index (χ0v) is 18.4. The first-order valence-corrected chi connectivity index (χ1v) is 11.7. The van der Waals surface area contributed by atoms with E-state index < -0.39 is 15.9 Å². The summed E-state index contributed by atoms with van der Waals surface area (Å²) in [5, 5.41) is 10.5. The van der Waals surface area contributed by atoms with Crippen molar-refractivity contribution in [2.24, 2.45) is 0 Å². The maximum absolute atomic E-state index is 12.3. The number of anilines is 1. The van der Waals surface area contributed by atoms with E-state index in [2.05, 4.69) is 27.2 Å². The first-order chi connectivity index (χ1) is 14.4. The molecule has 2 N–H and O–H groups in total. The first-order valence-electron chi connectivity index (χ1n) is 8.99. The number of carbonyl (C=O) groups excluding carboxylic acids is 1. The summed E-state index contributed by atoms with van der Waals surface area (Å²) in [5.74, 6) is 0.219. The highest BCUT2D eigenvalue weighted by atomic mass is 35.5. The van der Waals surface area contributed by atoms with Crippen molar-refractivity contribution in [2.75, 3.05) is 18.5 Å². The van der Waals surface area contributed by atoms with Crippen LogP contribution in [0.4, 0.5) is 5.13 Å². The Labute approximate surface area is 183 Å². The van der Waals surface area contributed by atoms with Crippen LogP contribution in [-0.2, 0) is 16.4 Å². The standard InChI is InChI=1S/C19H19ClN4O4S2/c1-2-13-3-9-16(10-4-13)28-12-11-21-30(26,27)19-24-23-18(29-19)22-17(25)14-5-7-15(20)8-6-14/h3-10,21H,2,11-12H2,1H3,(H,22,23,25). The third-order valence-corrected chi connectivity index (χ3v) is 6.88. The monoisotopic (exact) mass is 466 g/mol. The Morgan fingerprint density at radius 2 is 1.80 bits per heavy atom. The van der Waals surface area contributed by atoms with Crippen molar-refractivity contribution >= 4 is 44.0 Å². The van der Waals surface area contributed by atoms with Crippen LogP contribution in [0.25, 0.3) is 0 Å². The van der Waals surface area contributed by atoms with Crippen LogP contribution >= 0.6 is 22.9 Å². The summed E-state index contributed by atoms with van der Waals surface area (Å²) in [5.41, 5.74) is 1.56. The lowest BCUT2D eigenvalue weighted by Gasteiger charge is -2.07. The van der Waals surface area contributed by atoms with Crippen LogP contribution in [0, 0.1) is 0 Å². The van der Waals surface area contributed by atoms with E-state index in [0.29, 0.717) is 16.3 Å². The Balaban J connectivity index is 1.51. The molecule has 3 rings (SSSR count). The minimum Gasteiger partial charge on any atom is -0.492 e. The Morgan fingerprint density at radius 3 is 2.47 bits per heavy atom. The second kappa shape index (κ2) is 9.98. The largest absolute Gasteiger partial charge is 0.492 e. The predicted molar refractivity (Wildman–Crippen MR) is 116 cm³/mol. The molecule has 0 unspecified atom stereocenters. The van der Waals surface area contributed by atoms with Gasteiger partial charge in [0.1, 0.15) is 12.4 Å². The van der Waals surface area contributed by atoms with Gasteiger partial charge in [0.05, 0.1) is 0 Å². The van der Waals surface area contributed by atoms with E-state index in [1.165, 1.54) is 5.56 Å². The molecule has 1 aromatic heterocycles.